The third kappa shape index (κ3) is 2.90. The van der Waals surface area contributed by atoms with Gasteiger partial charge in [-0.3, -0.25) is 4.98 Å². The first-order valence-corrected chi connectivity index (χ1v) is 6.99. The Bertz CT molecular complexity index is 658. The second kappa shape index (κ2) is 5.21. The van der Waals surface area contributed by atoms with E-state index in [0.29, 0.717) is 23.4 Å². The summed E-state index contributed by atoms with van der Waals surface area (Å²) >= 11 is 0. The SMILES string of the molecule is c1cc2c(cc1Oc1cncc(CNC3CC3)n1)OCO2. The molecule has 2 heterocycles. The summed E-state index contributed by atoms with van der Waals surface area (Å²) in [7, 11) is 0. The van der Waals surface area contributed by atoms with Gasteiger partial charge in [-0.25, -0.2) is 4.98 Å². The second-order valence-electron chi connectivity index (χ2n) is 5.12. The van der Waals surface area contributed by atoms with Crippen molar-refractivity contribution in [3.8, 4) is 23.1 Å². The Hall–Kier alpha value is -2.34. The fourth-order valence-corrected chi connectivity index (χ4v) is 2.12. The summed E-state index contributed by atoms with van der Waals surface area (Å²) in [6.45, 7) is 0.969. The molecule has 21 heavy (non-hydrogen) atoms. The van der Waals surface area contributed by atoms with E-state index in [-0.39, 0.29) is 6.79 Å². The lowest BCUT2D eigenvalue weighted by atomic mass is 10.3. The summed E-state index contributed by atoms with van der Waals surface area (Å²) in [6.07, 6.45) is 5.86. The van der Waals surface area contributed by atoms with Crippen molar-refractivity contribution in [2.45, 2.75) is 25.4 Å². The molecule has 108 valence electrons. The molecule has 0 spiro atoms. The first kappa shape index (κ1) is 12.4. The van der Waals surface area contributed by atoms with Crippen LogP contribution in [0, 0.1) is 0 Å². The molecule has 2 aliphatic rings. The summed E-state index contributed by atoms with van der Waals surface area (Å²) in [4.78, 5) is 8.61. The minimum Gasteiger partial charge on any atom is -0.454 e. The summed E-state index contributed by atoms with van der Waals surface area (Å²) in [5.41, 5.74) is 0.875. The molecular weight excluding hydrogens is 270 g/mol. The molecule has 1 aliphatic carbocycles. The van der Waals surface area contributed by atoms with Crippen molar-refractivity contribution >= 4 is 0 Å². The number of aromatic nitrogens is 2. The number of benzene rings is 1. The fraction of sp³-hybridized carbons (Fsp3) is 0.333. The van der Waals surface area contributed by atoms with Crippen molar-refractivity contribution in [1.29, 1.82) is 0 Å². The molecule has 1 N–H and O–H groups in total. The lowest BCUT2D eigenvalue weighted by Crippen LogP contribution is -2.16. The van der Waals surface area contributed by atoms with Gasteiger partial charge in [0, 0.05) is 24.8 Å². The van der Waals surface area contributed by atoms with Gasteiger partial charge >= 0.3 is 0 Å². The maximum absolute atomic E-state index is 5.73. The van der Waals surface area contributed by atoms with Gasteiger partial charge in [-0.05, 0) is 25.0 Å². The van der Waals surface area contributed by atoms with E-state index in [1.807, 2.05) is 12.1 Å². The van der Waals surface area contributed by atoms with Gasteiger partial charge in [0.1, 0.15) is 5.75 Å². The maximum Gasteiger partial charge on any atom is 0.238 e. The minimum atomic E-state index is 0.251. The molecular formula is C15H15N3O3. The Morgan fingerprint density at radius 2 is 2.10 bits per heavy atom. The molecule has 2 aromatic rings. The van der Waals surface area contributed by atoms with E-state index in [9.17, 15) is 0 Å². The predicted molar refractivity (Wildman–Crippen MR) is 74.5 cm³/mol. The van der Waals surface area contributed by atoms with Crippen LogP contribution in [-0.2, 0) is 6.54 Å². The van der Waals surface area contributed by atoms with Crippen molar-refractivity contribution in [3.05, 3.63) is 36.3 Å². The topological polar surface area (TPSA) is 65.5 Å². The molecule has 0 atom stereocenters. The van der Waals surface area contributed by atoms with Gasteiger partial charge in [0.2, 0.25) is 12.7 Å². The van der Waals surface area contributed by atoms with Crippen LogP contribution in [0.3, 0.4) is 0 Å². The molecule has 0 bridgehead atoms. The van der Waals surface area contributed by atoms with Crippen molar-refractivity contribution in [1.82, 2.24) is 15.3 Å². The van der Waals surface area contributed by atoms with Crippen LogP contribution in [0.1, 0.15) is 18.5 Å². The van der Waals surface area contributed by atoms with Gasteiger partial charge in [0.15, 0.2) is 11.5 Å². The predicted octanol–water partition coefficient (Wildman–Crippen LogP) is 2.25. The molecule has 4 rings (SSSR count). The third-order valence-corrected chi connectivity index (χ3v) is 3.38. The van der Waals surface area contributed by atoms with E-state index in [0.717, 1.165) is 18.0 Å². The molecule has 1 fully saturated rings. The molecule has 6 nitrogen and oxygen atoms in total. The monoisotopic (exact) mass is 285 g/mol. The highest BCUT2D eigenvalue weighted by molar-refractivity contribution is 5.47. The largest absolute Gasteiger partial charge is 0.454 e. The molecule has 0 unspecified atom stereocenters. The fourth-order valence-electron chi connectivity index (χ4n) is 2.12. The molecule has 1 saturated carbocycles. The number of fused-ring (bicyclic) bond motifs is 1. The van der Waals surface area contributed by atoms with Crippen molar-refractivity contribution in [3.63, 3.8) is 0 Å². The molecule has 0 radical (unpaired) electrons. The first-order chi connectivity index (χ1) is 10.4. The average Bonchev–Trinajstić information content (AvgIpc) is 3.22. The van der Waals surface area contributed by atoms with Crippen LogP contribution < -0.4 is 19.5 Å². The molecule has 1 aromatic carbocycles. The Kier molecular flexibility index (Phi) is 3.08. The molecule has 1 aliphatic heterocycles. The quantitative estimate of drug-likeness (QED) is 0.909. The van der Waals surface area contributed by atoms with Crippen molar-refractivity contribution in [2.24, 2.45) is 0 Å². The highest BCUT2D eigenvalue weighted by atomic mass is 16.7. The van der Waals surface area contributed by atoms with E-state index < -0.39 is 0 Å². The summed E-state index contributed by atoms with van der Waals surface area (Å²) in [5, 5.41) is 3.40. The van der Waals surface area contributed by atoms with Gasteiger partial charge in [-0.2, -0.15) is 0 Å². The Labute approximate surface area is 122 Å². The van der Waals surface area contributed by atoms with Crippen LogP contribution in [-0.4, -0.2) is 22.8 Å². The van der Waals surface area contributed by atoms with Crippen LogP contribution >= 0.6 is 0 Å². The van der Waals surface area contributed by atoms with Crippen LogP contribution in [0.4, 0.5) is 0 Å². The van der Waals surface area contributed by atoms with Crippen LogP contribution in [0.2, 0.25) is 0 Å². The summed E-state index contributed by atoms with van der Waals surface area (Å²) < 4.78 is 16.3. The van der Waals surface area contributed by atoms with Gasteiger partial charge in [-0.1, -0.05) is 0 Å². The normalized spacial score (nSPS) is 16.0. The minimum absolute atomic E-state index is 0.251. The number of nitrogens with zero attached hydrogens (tertiary/aromatic N) is 2. The number of hydrogen-bond donors (Lipinski definition) is 1. The van der Waals surface area contributed by atoms with Gasteiger partial charge in [-0.15, -0.1) is 0 Å². The number of ether oxygens (including phenoxy) is 3. The third-order valence-electron chi connectivity index (χ3n) is 3.38. The number of rotatable bonds is 5. The highest BCUT2D eigenvalue weighted by Crippen LogP contribution is 2.36. The van der Waals surface area contributed by atoms with E-state index >= 15 is 0 Å². The lowest BCUT2D eigenvalue weighted by Gasteiger charge is -2.07. The van der Waals surface area contributed by atoms with E-state index in [2.05, 4.69) is 15.3 Å². The van der Waals surface area contributed by atoms with E-state index in [1.165, 1.54) is 12.8 Å². The molecule has 6 heteroatoms. The van der Waals surface area contributed by atoms with Gasteiger partial charge in [0.25, 0.3) is 0 Å². The maximum atomic E-state index is 5.73. The van der Waals surface area contributed by atoms with E-state index in [4.69, 9.17) is 14.2 Å². The zero-order chi connectivity index (χ0) is 14.1. The standard InChI is InChI=1S/C15H15N3O3/c1-2-10(1)17-7-11-6-16-8-15(18-11)21-12-3-4-13-14(5-12)20-9-19-13/h3-6,8,10,17H,1-2,7,9H2. The Balaban J connectivity index is 1.47. The van der Waals surface area contributed by atoms with Crippen LogP contribution in [0.5, 0.6) is 23.1 Å². The summed E-state index contributed by atoms with van der Waals surface area (Å²) in [5.74, 6) is 2.55. The zero-order valence-corrected chi connectivity index (χ0v) is 11.4. The molecule has 0 amide bonds. The summed E-state index contributed by atoms with van der Waals surface area (Å²) in [6, 6.07) is 6.08. The smallest absolute Gasteiger partial charge is 0.238 e. The van der Waals surface area contributed by atoms with Gasteiger partial charge < -0.3 is 19.5 Å². The molecule has 1 aromatic heterocycles. The van der Waals surface area contributed by atoms with Crippen LogP contribution in [0.15, 0.2) is 30.6 Å². The average molecular weight is 285 g/mol. The molecule has 0 saturated heterocycles. The number of hydrogen-bond acceptors (Lipinski definition) is 6. The van der Waals surface area contributed by atoms with Crippen molar-refractivity contribution < 1.29 is 14.2 Å². The van der Waals surface area contributed by atoms with E-state index in [1.54, 1.807) is 18.5 Å². The second-order valence-corrected chi connectivity index (χ2v) is 5.12. The van der Waals surface area contributed by atoms with Gasteiger partial charge in [0.05, 0.1) is 11.9 Å². The number of nitrogens with one attached hydrogen (secondary N) is 1. The Morgan fingerprint density at radius 3 is 3.00 bits per heavy atom. The lowest BCUT2D eigenvalue weighted by molar-refractivity contribution is 0.174. The van der Waals surface area contributed by atoms with Crippen molar-refractivity contribution in [2.75, 3.05) is 6.79 Å². The van der Waals surface area contributed by atoms with Crippen LogP contribution in [0.25, 0.3) is 0 Å². The zero-order valence-electron chi connectivity index (χ0n) is 11.4. The Morgan fingerprint density at radius 1 is 1.19 bits per heavy atom. The highest BCUT2D eigenvalue weighted by Gasteiger charge is 2.20. The first-order valence-electron chi connectivity index (χ1n) is 6.99.